The average molecular weight is 195 g/mol. The predicted octanol–water partition coefficient (Wildman–Crippen LogP) is -1.19. The number of carboxylic acid groups (broad SMARTS) is 1. The van der Waals surface area contributed by atoms with Crippen LogP contribution in [-0.2, 0) is 14.4 Å². The fraction of sp³-hybridized carbons (Fsp3) is 0. The molecule has 0 aliphatic rings. The molecule has 0 aliphatic heterocycles. The van der Waals surface area contributed by atoms with E-state index < -0.39 is 11.9 Å². The van der Waals surface area contributed by atoms with Crippen LogP contribution in [0, 0.1) is 0 Å². The van der Waals surface area contributed by atoms with Crippen molar-refractivity contribution in [3.05, 3.63) is 30.3 Å². The number of aliphatic carboxylic acids is 1. The predicted molar refractivity (Wildman–Crippen MR) is 44.3 cm³/mol. The van der Waals surface area contributed by atoms with Crippen molar-refractivity contribution in [2.24, 2.45) is 0 Å². The van der Waals surface area contributed by atoms with E-state index in [9.17, 15) is 14.7 Å². The van der Waals surface area contributed by atoms with Crippen LogP contribution in [-0.4, -0.2) is 11.9 Å². The number of carbonyl (C=O) groups is 2. The topological polar surface area (TPSA) is 90.5 Å². The van der Waals surface area contributed by atoms with E-state index in [2.05, 4.69) is 10.3 Å². The van der Waals surface area contributed by atoms with Gasteiger partial charge >= 0.3 is 5.97 Å². The molecule has 0 radical (unpaired) electrons. The Balaban J connectivity index is 2.29. The molecule has 0 aliphatic carbocycles. The molecule has 0 fully saturated rings. The summed E-state index contributed by atoms with van der Waals surface area (Å²) in [6.45, 7) is 0. The number of rotatable bonds is 3. The maximum absolute atomic E-state index is 10.3. The second-order valence-electron chi connectivity index (χ2n) is 2.27. The van der Waals surface area contributed by atoms with E-state index in [-0.39, 0.29) is 0 Å². The molecule has 2 N–H and O–H groups in total. The molecule has 0 amide bonds. The van der Waals surface area contributed by atoms with Crippen LogP contribution in [0.3, 0.4) is 0 Å². The minimum atomic E-state index is -1.91. The molecule has 0 saturated carbocycles. The highest BCUT2D eigenvalue weighted by Gasteiger charge is 2.01. The zero-order chi connectivity index (χ0) is 10.4. The first kappa shape index (κ1) is 10.0. The van der Waals surface area contributed by atoms with Gasteiger partial charge in [0.2, 0.25) is 0 Å². The van der Waals surface area contributed by atoms with Gasteiger partial charge in [0.1, 0.15) is 0 Å². The number of hydrogen-bond acceptors (Lipinski definition) is 6. The molecule has 6 nitrogen and oxygen atoms in total. The standard InChI is InChI=1S/C8H8N2O4/c11-7(12)8(13)14-10-9-6-4-2-1-3-5-6/h1-5,9-10H,(H,11,12)/p-1. The fourth-order valence-electron chi connectivity index (χ4n) is 0.694. The number of para-hydroxylation sites is 1. The Labute approximate surface area is 79.4 Å². The minimum absolute atomic E-state index is 0.624. The zero-order valence-electron chi connectivity index (χ0n) is 7.02. The molecule has 0 aromatic heterocycles. The van der Waals surface area contributed by atoms with Gasteiger partial charge in [-0.1, -0.05) is 23.8 Å². The Morgan fingerprint density at radius 1 is 1.21 bits per heavy atom. The average Bonchev–Trinajstić information content (AvgIpc) is 2.19. The molecule has 0 saturated heterocycles. The van der Waals surface area contributed by atoms with Crippen molar-refractivity contribution in [2.45, 2.75) is 0 Å². The summed E-state index contributed by atoms with van der Waals surface area (Å²) in [5.41, 5.74) is 5.03. The van der Waals surface area contributed by atoms with E-state index >= 15 is 0 Å². The molecule has 74 valence electrons. The van der Waals surface area contributed by atoms with Gasteiger partial charge in [-0.3, -0.25) is 5.43 Å². The Bertz CT molecular complexity index is 325. The van der Waals surface area contributed by atoms with Crippen molar-refractivity contribution in [1.29, 1.82) is 0 Å². The fourth-order valence-corrected chi connectivity index (χ4v) is 0.694. The van der Waals surface area contributed by atoms with Crippen molar-refractivity contribution >= 4 is 17.6 Å². The number of carbonyl (C=O) groups excluding carboxylic acids is 2. The number of nitrogens with one attached hydrogen (secondary N) is 2. The molecule has 1 rings (SSSR count). The van der Waals surface area contributed by atoms with E-state index in [1.807, 2.05) is 5.59 Å². The van der Waals surface area contributed by atoms with Gasteiger partial charge in [0, 0.05) is 0 Å². The summed E-state index contributed by atoms with van der Waals surface area (Å²) in [6.07, 6.45) is 0. The van der Waals surface area contributed by atoms with Crippen molar-refractivity contribution in [3.8, 4) is 0 Å². The molecular formula is C8H7N2O4-. The van der Waals surface area contributed by atoms with Crippen LogP contribution < -0.4 is 16.1 Å². The lowest BCUT2D eigenvalue weighted by molar-refractivity contribution is -0.304. The van der Waals surface area contributed by atoms with Gasteiger partial charge in [0.25, 0.3) is 0 Å². The van der Waals surface area contributed by atoms with Gasteiger partial charge in [-0.25, -0.2) is 4.79 Å². The Morgan fingerprint density at radius 2 is 1.86 bits per heavy atom. The third-order valence-corrected chi connectivity index (χ3v) is 1.28. The van der Waals surface area contributed by atoms with Crippen LogP contribution in [0.5, 0.6) is 0 Å². The van der Waals surface area contributed by atoms with Crippen molar-refractivity contribution < 1.29 is 19.5 Å². The molecule has 0 heterocycles. The van der Waals surface area contributed by atoms with Crippen LogP contribution in [0.15, 0.2) is 30.3 Å². The number of benzene rings is 1. The molecule has 0 spiro atoms. The third kappa shape index (κ3) is 3.11. The second kappa shape index (κ2) is 4.83. The first-order valence-electron chi connectivity index (χ1n) is 3.68. The second-order valence-corrected chi connectivity index (χ2v) is 2.27. The highest BCUT2D eigenvalue weighted by atomic mass is 16.7. The van der Waals surface area contributed by atoms with E-state index in [4.69, 9.17) is 0 Å². The summed E-state index contributed by atoms with van der Waals surface area (Å²) in [4.78, 5) is 24.3. The van der Waals surface area contributed by atoms with Gasteiger partial charge in [-0.15, -0.1) is 0 Å². The van der Waals surface area contributed by atoms with Gasteiger partial charge in [0.15, 0.2) is 5.97 Å². The van der Waals surface area contributed by atoms with Crippen molar-refractivity contribution in [1.82, 2.24) is 5.59 Å². The molecule has 6 heteroatoms. The van der Waals surface area contributed by atoms with Crippen LogP contribution in [0.25, 0.3) is 0 Å². The summed E-state index contributed by atoms with van der Waals surface area (Å²) >= 11 is 0. The lowest BCUT2D eigenvalue weighted by Crippen LogP contribution is -2.38. The molecule has 1 aromatic carbocycles. The quantitative estimate of drug-likeness (QED) is 0.465. The number of carboxylic acids is 1. The first-order valence-corrected chi connectivity index (χ1v) is 3.68. The van der Waals surface area contributed by atoms with Gasteiger partial charge in [0.05, 0.1) is 5.69 Å². The van der Waals surface area contributed by atoms with Crippen LogP contribution in [0.1, 0.15) is 0 Å². The van der Waals surface area contributed by atoms with E-state index in [0.717, 1.165) is 0 Å². The molecule has 0 atom stereocenters. The van der Waals surface area contributed by atoms with Gasteiger partial charge < -0.3 is 14.7 Å². The third-order valence-electron chi connectivity index (χ3n) is 1.28. The normalized spacial score (nSPS) is 9.14. The monoisotopic (exact) mass is 195 g/mol. The lowest BCUT2D eigenvalue weighted by Gasteiger charge is -2.07. The maximum Gasteiger partial charge on any atom is 0.374 e. The van der Waals surface area contributed by atoms with Gasteiger partial charge in [-0.2, -0.15) is 0 Å². The highest BCUT2D eigenvalue weighted by Crippen LogP contribution is 2.02. The minimum Gasteiger partial charge on any atom is -0.539 e. The Hall–Kier alpha value is -2.08. The Morgan fingerprint density at radius 3 is 2.43 bits per heavy atom. The summed E-state index contributed by atoms with van der Waals surface area (Å²) < 4.78 is 0. The van der Waals surface area contributed by atoms with Crippen molar-refractivity contribution in [2.75, 3.05) is 5.43 Å². The van der Waals surface area contributed by atoms with E-state index in [0.29, 0.717) is 5.69 Å². The number of anilines is 1. The summed E-state index contributed by atoms with van der Waals surface area (Å²) in [7, 11) is 0. The lowest BCUT2D eigenvalue weighted by atomic mass is 10.3. The molecule has 1 aromatic rings. The zero-order valence-corrected chi connectivity index (χ0v) is 7.02. The Kier molecular flexibility index (Phi) is 3.45. The summed E-state index contributed by atoms with van der Waals surface area (Å²) in [5.74, 6) is -3.40. The summed E-state index contributed by atoms with van der Waals surface area (Å²) in [5, 5.41) is 9.89. The van der Waals surface area contributed by atoms with Crippen LogP contribution >= 0.6 is 0 Å². The largest absolute Gasteiger partial charge is 0.539 e. The number of hydrogen-bond donors (Lipinski definition) is 2. The first-order chi connectivity index (χ1) is 6.70. The van der Waals surface area contributed by atoms with E-state index in [1.54, 1.807) is 30.3 Å². The van der Waals surface area contributed by atoms with Gasteiger partial charge in [-0.05, 0) is 12.1 Å². The maximum atomic E-state index is 10.3. The number of hydrazine groups is 1. The van der Waals surface area contributed by atoms with Crippen LogP contribution in [0.4, 0.5) is 5.69 Å². The molecule has 0 bridgehead atoms. The van der Waals surface area contributed by atoms with Crippen molar-refractivity contribution in [3.63, 3.8) is 0 Å². The van der Waals surface area contributed by atoms with Crippen LogP contribution in [0.2, 0.25) is 0 Å². The molecule has 0 unspecified atom stereocenters. The van der Waals surface area contributed by atoms with E-state index in [1.165, 1.54) is 0 Å². The molecular weight excluding hydrogens is 188 g/mol. The SMILES string of the molecule is O=C([O-])C(=O)ONNc1ccccc1. The molecule has 14 heavy (non-hydrogen) atoms. The summed E-state index contributed by atoms with van der Waals surface area (Å²) in [6, 6.07) is 8.70. The smallest absolute Gasteiger partial charge is 0.374 e. The highest BCUT2D eigenvalue weighted by molar-refractivity contribution is 6.27.